The zero-order chi connectivity index (χ0) is 14.7. The van der Waals surface area contributed by atoms with Gasteiger partial charge in [0.2, 0.25) is 0 Å². The lowest BCUT2D eigenvalue weighted by atomic mass is 10.0. The summed E-state index contributed by atoms with van der Waals surface area (Å²) in [5.74, 6) is -0.512. The lowest BCUT2D eigenvalue weighted by molar-refractivity contribution is -0.136. The van der Waals surface area contributed by atoms with Gasteiger partial charge in [-0.2, -0.15) is 0 Å². The number of hydrogen-bond acceptors (Lipinski definition) is 3. The van der Waals surface area contributed by atoms with E-state index in [0.29, 0.717) is 24.8 Å². The summed E-state index contributed by atoms with van der Waals surface area (Å²) in [6.07, 6.45) is -0.255. The molecule has 1 fully saturated rings. The molecule has 0 N–H and O–H groups in total. The van der Waals surface area contributed by atoms with Crippen LogP contribution in [0, 0.1) is 5.82 Å². The maximum Gasteiger partial charge on any atom is 0.167 e. The molecule has 1 aliphatic rings. The average Bonchev–Trinajstić information content (AvgIpc) is 2.43. The second-order valence-corrected chi connectivity index (χ2v) is 5.75. The molecule has 2 rings (SSSR count). The fourth-order valence-electron chi connectivity index (χ4n) is 2.30. The number of morpholine rings is 1. The molecule has 0 aromatic heterocycles. The number of halogens is 2. The molecule has 1 unspecified atom stereocenters. The Bertz CT molecular complexity index is 493. The molecule has 1 atom stereocenters. The van der Waals surface area contributed by atoms with Crippen LogP contribution in [0.25, 0.3) is 0 Å². The molecular weight excluding hydrogens is 281 g/mol. The normalized spacial score (nSPS) is 20.4. The van der Waals surface area contributed by atoms with Crippen LogP contribution in [0.15, 0.2) is 18.2 Å². The second-order valence-electron chi connectivity index (χ2n) is 5.34. The molecule has 0 spiro atoms. The molecule has 0 radical (unpaired) electrons. The number of ether oxygens (including phenoxy) is 1. The summed E-state index contributed by atoms with van der Waals surface area (Å²) in [7, 11) is 0. The van der Waals surface area contributed by atoms with Crippen molar-refractivity contribution in [1.82, 2.24) is 4.90 Å². The molecule has 0 saturated carbocycles. The predicted octanol–water partition coefficient (Wildman–Crippen LogP) is 2.70. The summed E-state index contributed by atoms with van der Waals surface area (Å²) in [6.45, 7) is 6.20. The van der Waals surface area contributed by atoms with Crippen molar-refractivity contribution in [3.8, 4) is 0 Å². The fourth-order valence-corrected chi connectivity index (χ4v) is 2.42. The number of Topliss-reactive ketones (excluding diaryl/α,β-unsaturated/α-hetero) is 1. The Kier molecular flexibility index (Phi) is 5.13. The van der Waals surface area contributed by atoms with Gasteiger partial charge in [-0.25, -0.2) is 4.39 Å². The van der Waals surface area contributed by atoms with Crippen LogP contribution in [-0.2, 0) is 16.0 Å². The van der Waals surface area contributed by atoms with Gasteiger partial charge in [-0.1, -0.05) is 17.7 Å². The van der Waals surface area contributed by atoms with Crippen molar-refractivity contribution < 1.29 is 13.9 Å². The van der Waals surface area contributed by atoms with E-state index in [2.05, 4.69) is 18.7 Å². The molecular formula is C15H19ClFNO2. The van der Waals surface area contributed by atoms with Gasteiger partial charge in [-0.05, 0) is 31.5 Å². The number of rotatable bonds is 4. The van der Waals surface area contributed by atoms with Gasteiger partial charge in [0, 0.05) is 25.6 Å². The molecule has 1 aliphatic heterocycles. The van der Waals surface area contributed by atoms with Gasteiger partial charge in [-0.3, -0.25) is 9.69 Å². The Morgan fingerprint density at radius 1 is 1.55 bits per heavy atom. The lowest BCUT2D eigenvalue weighted by Crippen LogP contribution is -2.49. The zero-order valence-electron chi connectivity index (χ0n) is 11.7. The van der Waals surface area contributed by atoms with Crippen LogP contribution >= 0.6 is 11.6 Å². The third-order valence-corrected chi connectivity index (χ3v) is 3.86. The highest BCUT2D eigenvalue weighted by Gasteiger charge is 2.27. The first-order chi connectivity index (χ1) is 9.47. The number of nitrogens with zero attached hydrogens (tertiary/aromatic N) is 1. The van der Waals surface area contributed by atoms with E-state index in [-0.39, 0.29) is 17.2 Å². The Morgan fingerprint density at radius 3 is 2.95 bits per heavy atom. The van der Waals surface area contributed by atoms with E-state index in [0.717, 1.165) is 6.54 Å². The van der Waals surface area contributed by atoms with Gasteiger partial charge in [0.25, 0.3) is 0 Å². The summed E-state index contributed by atoms with van der Waals surface area (Å²) >= 11 is 5.63. The van der Waals surface area contributed by atoms with Crippen LogP contribution in [-0.4, -0.2) is 42.5 Å². The molecule has 5 heteroatoms. The summed E-state index contributed by atoms with van der Waals surface area (Å²) in [6, 6.07) is 4.85. The van der Waals surface area contributed by atoms with Crippen LogP contribution in [0.5, 0.6) is 0 Å². The standard InChI is InChI=1S/C15H19ClFNO2/c1-10(2)18-5-6-20-15(9-18)14(19)8-11-3-4-12(16)13(17)7-11/h3-4,7,10,15H,5-6,8-9H2,1-2H3. The van der Waals surface area contributed by atoms with Crippen molar-refractivity contribution in [1.29, 1.82) is 0 Å². The third kappa shape index (κ3) is 3.78. The van der Waals surface area contributed by atoms with Crippen molar-refractivity contribution in [2.24, 2.45) is 0 Å². The van der Waals surface area contributed by atoms with Gasteiger partial charge in [0.1, 0.15) is 11.9 Å². The first-order valence-corrected chi connectivity index (χ1v) is 7.17. The van der Waals surface area contributed by atoms with Crippen LogP contribution in [0.4, 0.5) is 4.39 Å². The summed E-state index contributed by atoms with van der Waals surface area (Å²) in [5, 5.41) is 0.0705. The molecule has 3 nitrogen and oxygen atoms in total. The molecule has 1 aromatic carbocycles. The number of carbonyl (C=O) groups excluding carboxylic acids is 1. The molecule has 110 valence electrons. The van der Waals surface area contributed by atoms with Crippen molar-refractivity contribution in [3.63, 3.8) is 0 Å². The Morgan fingerprint density at radius 2 is 2.30 bits per heavy atom. The predicted molar refractivity (Wildman–Crippen MR) is 76.6 cm³/mol. The minimum absolute atomic E-state index is 0.0166. The van der Waals surface area contributed by atoms with Crippen LogP contribution in [0.3, 0.4) is 0 Å². The highest BCUT2D eigenvalue weighted by molar-refractivity contribution is 6.30. The van der Waals surface area contributed by atoms with Crippen LogP contribution in [0.2, 0.25) is 5.02 Å². The number of benzene rings is 1. The lowest BCUT2D eigenvalue weighted by Gasteiger charge is -2.34. The quantitative estimate of drug-likeness (QED) is 0.856. The highest BCUT2D eigenvalue weighted by Crippen LogP contribution is 2.17. The first-order valence-electron chi connectivity index (χ1n) is 6.79. The van der Waals surface area contributed by atoms with E-state index in [9.17, 15) is 9.18 Å². The SMILES string of the molecule is CC(C)N1CCOC(C(=O)Cc2ccc(Cl)c(F)c2)C1. The summed E-state index contributed by atoms with van der Waals surface area (Å²) in [5.41, 5.74) is 0.627. The monoisotopic (exact) mass is 299 g/mol. The number of carbonyl (C=O) groups is 1. The minimum Gasteiger partial charge on any atom is -0.368 e. The van der Waals surface area contributed by atoms with Crippen molar-refractivity contribution >= 4 is 17.4 Å². The molecule has 1 saturated heterocycles. The van der Waals surface area contributed by atoms with E-state index in [4.69, 9.17) is 16.3 Å². The highest BCUT2D eigenvalue weighted by atomic mass is 35.5. The summed E-state index contributed by atoms with van der Waals surface area (Å²) < 4.78 is 18.9. The smallest absolute Gasteiger partial charge is 0.167 e. The van der Waals surface area contributed by atoms with Gasteiger partial charge >= 0.3 is 0 Å². The second kappa shape index (κ2) is 6.66. The third-order valence-electron chi connectivity index (χ3n) is 3.55. The topological polar surface area (TPSA) is 29.5 Å². The zero-order valence-corrected chi connectivity index (χ0v) is 12.5. The van der Waals surface area contributed by atoms with Gasteiger partial charge in [-0.15, -0.1) is 0 Å². The Hall–Kier alpha value is -0.970. The summed E-state index contributed by atoms with van der Waals surface area (Å²) in [4.78, 5) is 14.4. The van der Waals surface area contributed by atoms with Crippen molar-refractivity contribution in [3.05, 3.63) is 34.6 Å². The first kappa shape index (κ1) is 15.4. The molecule has 20 heavy (non-hydrogen) atoms. The maximum atomic E-state index is 13.4. The molecule has 0 aliphatic carbocycles. The molecule has 0 amide bonds. The fraction of sp³-hybridized carbons (Fsp3) is 0.533. The van der Waals surface area contributed by atoms with Gasteiger partial charge in [0.15, 0.2) is 5.78 Å². The van der Waals surface area contributed by atoms with E-state index < -0.39 is 11.9 Å². The number of ketones is 1. The number of hydrogen-bond donors (Lipinski definition) is 0. The average molecular weight is 300 g/mol. The Labute approximate surface area is 123 Å². The maximum absolute atomic E-state index is 13.4. The van der Waals surface area contributed by atoms with Crippen molar-refractivity contribution in [2.45, 2.75) is 32.4 Å². The molecule has 0 bridgehead atoms. The van der Waals surface area contributed by atoms with Crippen molar-refractivity contribution in [2.75, 3.05) is 19.7 Å². The van der Waals surface area contributed by atoms with E-state index in [1.165, 1.54) is 12.1 Å². The largest absolute Gasteiger partial charge is 0.368 e. The van der Waals surface area contributed by atoms with Crippen LogP contribution < -0.4 is 0 Å². The Balaban J connectivity index is 1.98. The molecule has 1 heterocycles. The van der Waals surface area contributed by atoms with E-state index in [1.54, 1.807) is 6.07 Å². The van der Waals surface area contributed by atoms with Gasteiger partial charge in [0.05, 0.1) is 11.6 Å². The van der Waals surface area contributed by atoms with Gasteiger partial charge < -0.3 is 4.74 Å². The van der Waals surface area contributed by atoms with E-state index >= 15 is 0 Å². The van der Waals surface area contributed by atoms with E-state index in [1.807, 2.05) is 0 Å². The minimum atomic E-state index is -0.495. The van der Waals surface area contributed by atoms with Crippen LogP contribution in [0.1, 0.15) is 19.4 Å². The molecule has 1 aromatic rings.